The number of hydrogen-bond acceptors (Lipinski definition) is 5. The van der Waals surface area contributed by atoms with Gasteiger partial charge in [-0.2, -0.15) is 0 Å². The van der Waals surface area contributed by atoms with Crippen molar-refractivity contribution in [2.24, 2.45) is 0 Å². The van der Waals surface area contributed by atoms with Crippen molar-refractivity contribution < 1.29 is 18.7 Å². The SMILES string of the molecule is COc1ccc2nc(C(=O)NCC(c3ccc(F)cc3)N3CCOCC3)ccc2c1. The fraction of sp³-hybridized carbons (Fsp3) is 0.304. The molecule has 0 saturated carbocycles. The molecule has 3 aromatic rings. The first-order valence-corrected chi connectivity index (χ1v) is 9.94. The number of methoxy groups -OCH3 is 1. The molecule has 1 aliphatic rings. The van der Waals surface area contributed by atoms with Gasteiger partial charge in [-0.05, 0) is 42.0 Å². The summed E-state index contributed by atoms with van der Waals surface area (Å²) in [6.07, 6.45) is 0. The molecule has 1 aliphatic heterocycles. The summed E-state index contributed by atoms with van der Waals surface area (Å²) in [6, 6.07) is 15.5. The quantitative estimate of drug-likeness (QED) is 0.678. The summed E-state index contributed by atoms with van der Waals surface area (Å²) >= 11 is 0. The summed E-state index contributed by atoms with van der Waals surface area (Å²) in [5.74, 6) is 0.225. The smallest absolute Gasteiger partial charge is 0.269 e. The molecule has 1 fully saturated rings. The van der Waals surface area contributed by atoms with E-state index in [9.17, 15) is 9.18 Å². The lowest BCUT2D eigenvalue weighted by molar-refractivity contribution is 0.0162. The first kappa shape index (κ1) is 20.3. The average molecular weight is 409 g/mol. The van der Waals surface area contributed by atoms with E-state index in [0.29, 0.717) is 25.5 Å². The second-order valence-electron chi connectivity index (χ2n) is 7.18. The number of carbonyl (C=O) groups is 1. The highest BCUT2D eigenvalue weighted by Crippen LogP contribution is 2.22. The highest BCUT2D eigenvalue weighted by atomic mass is 19.1. The standard InChI is InChI=1S/C23H24FN3O3/c1-29-19-7-9-20-17(14-19)4-8-21(26-20)23(28)25-15-22(27-10-12-30-13-11-27)16-2-5-18(24)6-3-16/h2-9,14,22H,10-13,15H2,1H3,(H,25,28). The minimum atomic E-state index is -0.277. The lowest BCUT2D eigenvalue weighted by atomic mass is 10.0. The lowest BCUT2D eigenvalue weighted by Gasteiger charge is -2.34. The van der Waals surface area contributed by atoms with Crippen LogP contribution in [0, 0.1) is 5.82 Å². The van der Waals surface area contributed by atoms with Crippen molar-refractivity contribution in [2.45, 2.75) is 6.04 Å². The van der Waals surface area contributed by atoms with Gasteiger partial charge in [-0.1, -0.05) is 18.2 Å². The number of nitrogens with zero attached hydrogens (tertiary/aromatic N) is 2. The van der Waals surface area contributed by atoms with Gasteiger partial charge >= 0.3 is 0 Å². The van der Waals surface area contributed by atoms with Crippen LogP contribution in [-0.2, 0) is 4.74 Å². The molecule has 6 nitrogen and oxygen atoms in total. The number of amides is 1. The second kappa shape index (κ2) is 9.19. The van der Waals surface area contributed by atoms with Crippen molar-refractivity contribution in [1.82, 2.24) is 15.2 Å². The van der Waals surface area contributed by atoms with Crippen molar-refractivity contribution in [3.05, 3.63) is 71.7 Å². The van der Waals surface area contributed by atoms with E-state index in [1.54, 1.807) is 25.3 Å². The molecule has 7 heteroatoms. The molecule has 0 aliphatic carbocycles. The van der Waals surface area contributed by atoms with Crippen LogP contribution in [0.25, 0.3) is 10.9 Å². The maximum Gasteiger partial charge on any atom is 0.269 e. The van der Waals surface area contributed by atoms with E-state index >= 15 is 0 Å². The van der Waals surface area contributed by atoms with Gasteiger partial charge in [-0.15, -0.1) is 0 Å². The number of nitrogens with one attached hydrogen (secondary N) is 1. The predicted octanol–water partition coefficient (Wildman–Crippen LogP) is 3.19. The molecule has 2 aromatic carbocycles. The Kier molecular flexibility index (Phi) is 6.21. The van der Waals surface area contributed by atoms with Crippen LogP contribution in [0.4, 0.5) is 4.39 Å². The van der Waals surface area contributed by atoms with E-state index < -0.39 is 0 Å². The highest BCUT2D eigenvalue weighted by molar-refractivity contribution is 5.95. The largest absolute Gasteiger partial charge is 0.497 e. The monoisotopic (exact) mass is 409 g/mol. The van der Waals surface area contributed by atoms with Crippen molar-refractivity contribution in [1.29, 1.82) is 0 Å². The Bertz CT molecular complexity index is 1020. The number of morpholine rings is 1. The number of aromatic nitrogens is 1. The van der Waals surface area contributed by atoms with E-state index in [1.165, 1.54) is 12.1 Å². The number of hydrogen-bond donors (Lipinski definition) is 1. The zero-order chi connectivity index (χ0) is 20.9. The van der Waals surface area contributed by atoms with Gasteiger partial charge in [0.2, 0.25) is 0 Å². The number of pyridine rings is 1. The fourth-order valence-corrected chi connectivity index (χ4v) is 3.67. The zero-order valence-corrected chi connectivity index (χ0v) is 16.8. The van der Waals surface area contributed by atoms with Crippen LogP contribution in [-0.4, -0.2) is 55.7 Å². The number of carbonyl (C=O) groups excluding carboxylic acids is 1. The van der Waals surface area contributed by atoms with Crippen LogP contribution >= 0.6 is 0 Å². The Balaban J connectivity index is 1.50. The lowest BCUT2D eigenvalue weighted by Crippen LogP contribution is -2.43. The van der Waals surface area contributed by atoms with Crippen LogP contribution in [0.1, 0.15) is 22.1 Å². The van der Waals surface area contributed by atoms with Crippen LogP contribution in [0.15, 0.2) is 54.6 Å². The third kappa shape index (κ3) is 4.58. The zero-order valence-electron chi connectivity index (χ0n) is 16.8. The molecule has 1 aromatic heterocycles. The molecule has 0 bridgehead atoms. The van der Waals surface area contributed by atoms with E-state index in [2.05, 4.69) is 15.2 Å². The second-order valence-corrected chi connectivity index (χ2v) is 7.18. The third-order valence-electron chi connectivity index (χ3n) is 5.33. The first-order valence-electron chi connectivity index (χ1n) is 9.94. The summed E-state index contributed by atoms with van der Waals surface area (Å²) < 4.78 is 24.1. The number of fused-ring (bicyclic) bond motifs is 1. The number of benzene rings is 2. The van der Waals surface area contributed by atoms with E-state index in [0.717, 1.165) is 35.3 Å². The first-order chi connectivity index (χ1) is 14.6. The van der Waals surface area contributed by atoms with Gasteiger partial charge in [-0.3, -0.25) is 9.69 Å². The van der Waals surface area contributed by atoms with E-state index in [4.69, 9.17) is 9.47 Å². The topological polar surface area (TPSA) is 63.7 Å². The molecule has 0 radical (unpaired) electrons. The van der Waals surface area contributed by atoms with Gasteiger partial charge in [0.1, 0.15) is 17.3 Å². The van der Waals surface area contributed by atoms with Crippen LogP contribution in [0.5, 0.6) is 5.75 Å². The van der Waals surface area contributed by atoms with Crippen molar-refractivity contribution in [2.75, 3.05) is 40.0 Å². The molecule has 30 heavy (non-hydrogen) atoms. The minimum Gasteiger partial charge on any atom is -0.497 e. The van der Waals surface area contributed by atoms with Crippen LogP contribution in [0.3, 0.4) is 0 Å². The molecule has 1 N–H and O–H groups in total. The Morgan fingerprint density at radius 2 is 1.93 bits per heavy atom. The number of rotatable bonds is 6. The normalized spacial score (nSPS) is 15.7. The molecule has 1 unspecified atom stereocenters. The summed E-state index contributed by atoms with van der Waals surface area (Å²) in [5, 5.41) is 3.90. The van der Waals surface area contributed by atoms with Crippen molar-refractivity contribution in [3.8, 4) is 5.75 Å². The summed E-state index contributed by atoms with van der Waals surface area (Å²) in [7, 11) is 1.61. The van der Waals surface area contributed by atoms with Gasteiger partial charge in [0.25, 0.3) is 5.91 Å². The third-order valence-corrected chi connectivity index (χ3v) is 5.33. The summed E-state index contributed by atoms with van der Waals surface area (Å²) in [6.45, 7) is 3.19. The van der Waals surface area contributed by atoms with Crippen LogP contribution in [0.2, 0.25) is 0 Å². The maximum atomic E-state index is 13.4. The van der Waals surface area contributed by atoms with Crippen molar-refractivity contribution in [3.63, 3.8) is 0 Å². The molecule has 4 rings (SSSR count). The molecule has 2 heterocycles. The van der Waals surface area contributed by atoms with Crippen LogP contribution < -0.4 is 10.1 Å². The summed E-state index contributed by atoms with van der Waals surface area (Å²) in [5.41, 5.74) is 2.04. The molecule has 0 spiro atoms. The van der Waals surface area contributed by atoms with Crippen molar-refractivity contribution >= 4 is 16.8 Å². The van der Waals surface area contributed by atoms with E-state index in [1.807, 2.05) is 24.3 Å². The van der Waals surface area contributed by atoms with E-state index in [-0.39, 0.29) is 17.8 Å². The Morgan fingerprint density at radius 3 is 2.67 bits per heavy atom. The highest BCUT2D eigenvalue weighted by Gasteiger charge is 2.23. The van der Waals surface area contributed by atoms with Gasteiger partial charge in [0.15, 0.2) is 0 Å². The van der Waals surface area contributed by atoms with Gasteiger partial charge in [0.05, 0.1) is 31.9 Å². The van der Waals surface area contributed by atoms with Gasteiger partial charge in [0, 0.05) is 25.0 Å². The molecule has 156 valence electrons. The summed E-state index contributed by atoms with van der Waals surface area (Å²) in [4.78, 5) is 19.5. The average Bonchev–Trinajstić information content (AvgIpc) is 2.80. The number of halogens is 1. The maximum absolute atomic E-state index is 13.4. The molecule has 1 saturated heterocycles. The van der Waals surface area contributed by atoms with Gasteiger partial charge in [-0.25, -0.2) is 9.37 Å². The number of ether oxygens (including phenoxy) is 2. The minimum absolute atomic E-state index is 0.0665. The Morgan fingerprint density at radius 1 is 1.17 bits per heavy atom. The molecule has 1 atom stereocenters. The fourth-order valence-electron chi connectivity index (χ4n) is 3.67. The Hall–Kier alpha value is -3.03. The Labute approximate surface area is 174 Å². The molecule has 1 amide bonds. The van der Waals surface area contributed by atoms with Gasteiger partial charge < -0.3 is 14.8 Å². The predicted molar refractivity (Wildman–Crippen MR) is 112 cm³/mol. The molecular weight excluding hydrogens is 385 g/mol. The molecular formula is C23H24FN3O3.